The van der Waals surface area contributed by atoms with Gasteiger partial charge in [0.1, 0.15) is 0 Å². The molecule has 2 nitrogen and oxygen atoms in total. The predicted octanol–water partition coefficient (Wildman–Crippen LogP) is 3.39. The van der Waals surface area contributed by atoms with Crippen LogP contribution in [-0.2, 0) is 9.47 Å². The van der Waals surface area contributed by atoms with Gasteiger partial charge in [-0.05, 0) is 19.8 Å². The summed E-state index contributed by atoms with van der Waals surface area (Å²) in [5.41, 5.74) is -0.193. The van der Waals surface area contributed by atoms with Gasteiger partial charge >= 0.3 is 0 Å². The molecule has 0 aliphatic heterocycles. The molecule has 1 aliphatic carbocycles. The summed E-state index contributed by atoms with van der Waals surface area (Å²) in [5.74, 6) is 0.541. The average Bonchev–Trinajstić information content (AvgIpc) is 2.77. The van der Waals surface area contributed by atoms with Crippen LogP contribution in [0.5, 0.6) is 0 Å². The summed E-state index contributed by atoms with van der Waals surface area (Å²) in [6, 6.07) is 0. The molecule has 1 unspecified atom stereocenters. The second kappa shape index (κ2) is 7.30. The van der Waals surface area contributed by atoms with Crippen molar-refractivity contribution < 1.29 is 9.47 Å². The lowest BCUT2D eigenvalue weighted by molar-refractivity contribution is -0.0450. The maximum atomic E-state index is 5.84. The number of hydrogen-bond acceptors (Lipinski definition) is 2. The Labute approximate surface area is 111 Å². The molecular formula is C11H20ClIO2. The highest BCUT2D eigenvalue weighted by Crippen LogP contribution is 2.21. The summed E-state index contributed by atoms with van der Waals surface area (Å²) >= 11 is 8.15. The van der Waals surface area contributed by atoms with Crippen LogP contribution >= 0.6 is 34.2 Å². The third-order valence-corrected chi connectivity index (χ3v) is 4.93. The maximum Gasteiger partial charge on any atom is 0.0879 e. The molecule has 90 valence electrons. The van der Waals surface area contributed by atoms with Crippen molar-refractivity contribution in [3.8, 4) is 0 Å². The summed E-state index contributed by atoms with van der Waals surface area (Å²) < 4.78 is 12.4. The Morgan fingerprint density at radius 2 is 2.00 bits per heavy atom. The minimum atomic E-state index is -0.193. The molecule has 0 aromatic heterocycles. The minimum Gasteiger partial charge on any atom is -0.376 e. The normalized spacial score (nSPS) is 21.8. The van der Waals surface area contributed by atoms with Crippen LogP contribution in [0.2, 0.25) is 0 Å². The van der Waals surface area contributed by atoms with E-state index in [9.17, 15) is 0 Å². The number of hydrogen-bond donors (Lipinski definition) is 0. The van der Waals surface area contributed by atoms with Gasteiger partial charge in [0, 0.05) is 4.43 Å². The number of rotatable bonds is 7. The summed E-state index contributed by atoms with van der Waals surface area (Å²) in [4.78, 5) is 0. The molecule has 0 saturated heterocycles. The summed E-state index contributed by atoms with van der Waals surface area (Å²) in [6.07, 6.45) is 5.56. The van der Waals surface area contributed by atoms with Crippen LogP contribution in [0.25, 0.3) is 0 Å². The van der Waals surface area contributed by atoms with Crippen LogP contribution in [0, 0.1) is 0 Å². The summed E-state index contributed by atoms with van der Waals surface area (Å²) in [5, 5.41) is 0. The van der Waals surface area contributed by atoms with Crippen LogP contribution in [-0.4, -0.2) is 35.2 Å². The van der Waals surface area contributed by atoms with E-state index in [1.807, 2.05) is 6.92 Å². The average molecular weight is 347 g/mol. The van der Waals surface area contributed by atoms with Crippen molar-refractivity contribution in [2.24, 2.45) is 0 Å². The minimum absolute atomic E-state index is 0.193. The van der Waals surface area contributed by atoms with E-state index in [1.54, 1.807) is 0 Å². The van der Waals surface area contributed by atoms with Gasteiger partial charge in [0.25, 0.3) is 0 Å². The van der Waals surface area contributed by atoms with E-state index in [0.717, 1.165) is 4.43 Å². The monoisotopic (exact) mass is 346 g/mol. The van der Waals surface area contributed by atoms with Gasteiger partial charge in [-0.2, -0.15) is 0 Å². The zero-order valence-corrected chi connectivity index (χ0v) is 12.2. The highest BCUT2D eigenvalue weighted by molar-refractivity contribution is 14.1. The van der Waals surface area contributed by atoms with Gasteiger partial charge in [0.05, 0.1) is 30.8 Å². The Hall–Kier alpha value is 0.940. The van der Waals surface area contributed by atoms with E-state index in [0.29, 0.717) is 25.2 Å². The van der Waals surface area contributed by atoms with Gasteiger partial charge in [-0.15, -0.1) is 11.6 Å². The van der Waals surface area contributed by atoms with Crippen molar-refractivity contribution >= 4 is 34.2 Å². The van der Waals surface area contributed by atoms with Gasteiger partial charge in [0.2, 0.25) is 0 Å². The zero-order chi connectivity index (χ0) is 11.1. The number of alkyl halides is 2. The van der Waals surface area contributed by atoms with E-state index >= 15 is 0 Å². The molecule has 1 atom stereocenters. The van der Waals surface area contributed by atoms with Crippen LogP contribution < -0.4 is 0 Å². The maximum absolute atomic E-state index is 5.84. The molecule has 1 aliphatic rings. The zero-order valence-electron chi connectivity index (χ0n) is 9.31. The van der Waals surface area contributed by atoms with Gasteiger partial charge in [0.15, 0.2) is 0 Å². The van der Waals surface area contributed by atoms with Gasteiger partial charge in [-0.3, -0.25) is 0 Å². The first kappa shape index (κ1) is 14.0. The Bertz CT molecular complexity index is 168. The fourth-order valence-corrected chi connectivity index (χ4v) is 2.65. The largest absolute Gasteiger partial charge is 0.376 e. The van der Waals surface area contributed by atoms with Gasteiger partial charge in [-0.1, -0.05) is 35.4 Å². The SMILES string of the molecule is CC(CCl)(CI)OCCOC1CCCC1. The molecule has 1 rings (SSSR count). The van der Waals surface area contributed by atoms with Gasteiger partial charge < -0.3 is 9.47 Å². The van der Waals surface area contributed by atoms with Crippen LogP contribution in [0.3, 0.4) is 0 Å². The first-order valence-corrected chi connectivity index (χ1v) is 7.64. The van der Waals surface area contributed by atoms with Crippen molar-refractivity contribution in [3.63, 3.8) is 0 Å². The third kappa shape index (κ3) is 5.20. The van der Waals surface area contributed by atoms with Crippen molar-refractivity contribution in [2.75, 3.05) is 23.5 Å². The lowest BCUT2D eigenvalue weighted by Gasteiger charge is -2.25. The van der Waals surface area contributed by atoms with Gasteiger partial charge in [-0.25, -0.2) is 0 Å². The number of halogens is 2. The Morgan fingerprint density at radius 3 is 2.53 bits per heavy atom. The highest BCUT2D eigenvalue weighted by atomic mass is 127. The topological polar surface area (TPSA) is 18.5 Å². The molecule has 15 heavy (non-hydrogen) atoms. The quantitative estimate of drug-likeness (QED) is 0.400. The van der Waals surface area contributed by atoms with E-state index in [4.69, 9.17) is 21.1 Å². The second-order valence-corrected chi connectivity index (χ2v) is 5.37. The molecule has 0 N–H and O–H groups in total. The Kier molecular flexibility index (Phi) is 6.82. The molecule has 4 heteroatoms. The first-order chi connectivity index (χ1) is 7.20. The first-order valence-electron chi connectivity index (χ1n) is 5.58. The molecule has 0 aromatic carbocycles. The fraction of sp³-hybridized carbons (Fsp3) is 1.00. The van der Waals surface area contributed by atoms with E-state index in [1.165, 1.54) is 25.7 Å². The standard InChI is InChI=1S/C11H20ClIO2/c1-11(8-12,9-13)15-7-6-14-10-4-2-3-5-10/h10H,2-9H2,1H3. The third-order valence-electron chi connectivity index (χ3n) is 2.75. The Balaban J connectivity index is 2.04. The van der Waals surface area contributed by atoms with Crippen LogP contribution in [0.1, 0.15) is 32.6 Å². The molecular weight excluding hydrogens is 326 g/mol. The van der Waals surface area contributed by atoms with Crippen LogP contribution in [0.4, 0.5) is 0 Å². The lowest BCUT2D eigenvalue weighted by atomic mass is 10.2. The Morgan fingerprint density at radius 1 is 1.33 bits per heavy atom. The number of ether oxygens (including phenoxy) is 2. The van der Waals surface area contributed by atoms with Crippen LogP contribution in [0.15, 0.2) is 0 Å². The second-order valence-electron chi connectivity index (χ2n) is 4.34. The molecule has 0 amide bonds. The molecule has 1 saturated carbocycles. The van der Waals surface area contributed by atoms with Crippen molar-refractivity contribution in [2.45, 2.75) is 44.3 Å². The van der Waals surface area contributed by atoms with Crippen molar-refractivity contribution in [3.05, 3.63) is 0 Å². The highest BCUT2D eigenvalue weighted by Gasteiger charge is 2.22. The molecule has 0 spiro atoms. The lowest BCUT2D eigenvalue weighted by Crippen LogP contribution is -2.34. The molecule has 0 heterocycles. The summed E-state index contributed by atoms with van der Waals surface area (Å²) in [6.45, 7) is 3.40. The summed E-state index contributed by atoms with van der Waals surface area (Å²) in [7, 11) is 0. The van der Waals surface area contributed by atoms with E-state index in [2.05, 4.69) is 22.6 Å². The van der Waals surface area contributed by atoms with E-state index < -0.39 is 0 Å². The molecule has 0 bridgehead atoms. The van der Waals surface area contributed by atoms with Crippen molar-refractivity contribution in [1.29, 1.82) is 0 Å². The smallest absolute Gasteiger partial charge is 0.0879 e. The predicted molar refractivity (Wildman–Crippen MR) is 72.2 cm³/mol. The molecule has 0 aromatic rings. The molecule has 0 radical (unpaired) electrons. The molecule has 1 fully saturated rings. The van der Waals surface area contributed by atoms with Crippen molar-refractivity contribution in [1.82, 2.24) is 0 Å². The fourth-order valence-electron chi connectivity index (χ4n) is 1.67. The van der Waals surface area contributed by atoms with E-state index in [-0.39, 0.29) is 5.60 Å².